The summed E-state index contributed by atoms with van der Waals surface area (Å²) in [4.78, 5) is 6.74. The zero-order chi connectivity index (χ0) is 32.6. The number of hydrogen-bond acceptors (Lipinski definition) is 9. The second-order valence-electron chi connectivity index (χ2n) is 10.7. The number of phenols is 3. The van der Waals surface area contributed by atoms with Gasteiger partial charge in [-0.3, -0.25) is 0 Å². The first-order chi connectivity index (χ1) is 22.8. The summed E-state index contributed by atoms with van der Waals surface area (Å²) in [6, 6.07) is 48.3. The molecule has 9 heteroatoms. The van der Waals surface area contributed by atoms with E-state index in [0.717, 1.165) is 29.4 Å². The molecule has 6 rings (SSSR count). The van der Waals surface area contributed by atoms with Gasteiger partial charge in [-0.25, -0.2) is 0 Å². The Labute approximate surface area is 299 Å². The van der Waals surface area contributed by atoms with Gasteiger partial charge in [0.1, 0.15) is 17.2 Å². The SMILES string of the molecule is CC(c1ccc(SSc2ccc(O)cc2)cc1)(c1ccc(SSc2ccc(O)cc2)cc1)c1ccc(SSc2ccc(O)cc2)cc1. The summed E-state index contributed by atoms with van der Waals surface area (Å²) in [5.41, 5.74) is 3.21. The van der Waals surface area contributed by atoms with Crippen molar-refractivity contribution < 1.29 is 15.3 Å². The van der Waals surface area contributed by atoms with E-state index in [2.05, 4.69) is 79.7 Å². The fraction of sp³-hybridized carbons (Fsp3) is 0.0526. The van der Waals surface area contributed by atoms with E-state index in [0.29, 0.717) is 0 Å². The van der Waals surface area contributed by atoms with Crippen LogP contribution in [0.1, 0.15) is 23.6 Å². The highest BCUT2D eigenvalue weighted by Crippen LogP contribution is 2.45. The third-order valence-corrected chi connectivity index (χ3v) is 14.8. The highest BCUT2D eigenvalue weighted by atomic mass is 33.1. The average Bonchev–Trinajstić information content (AvgIpc) is 3.11. The molecule has 0 aliphatic heterocycles. The summed E-state index contributed by atoms with van der Waals surface area (Å²) in [6.07, 6.45) is 0. The van der Waals surface area contributed by atoms with Crippen molar-refractivity contribution in [3.63, 3.8) is 0 Å². The predicted octanol–water partition coefficient (Wildman–Crippen LogP) is 12.6. The van der Waals surface area contributed by atoms with Crippen LogP contribution in [0.25, 0.3) is 0 Å². The van der Waals surface area contributed by atoms with Crippen molar-refractivity contribution >= 4 is 64.8 Å². The summed E-state index contributed by atoms with van der Waals surface area (Å²) in [6.45, 7) is 2.29. The fourth-order valence-electron chi connectivity index (χ4n) is 4.83. The summed E-state index contributed by atoms with van der Waals surface area (Å²) in [5.74, 6) is 0.815. The summed E-state index contributed by atoms with van der Waals surface area (Å²) in [7, 11) is 10.1. The lowest BCUT2D eigenvalue weighted by Crippen LogP contribution is -2.25. The zero-order valence-electron chi connectivity index (χ0n) is 25.1. The van der Waals surface area contributed by atoms with Gasteiger partial charge in [-0.05, 0) is 133 Å². The van der Waals surface area contributed by atoms with Crippen molar-refractivity contribution in [2.45, 2.75) is 41.7 Å². The maximum absolute atomic E-state index is 9.60. The van der Waals surface area contributed by atoms with Gasteiger partial charge in [0.15, 0.2) is 0 Å². The Morgan fingerprint density at radius 3 is 0.660 bits per heavy atom. The number of benzene rings is 6. The monoisotopic (exact) mass is 726 g/mol. The summed E-state index contributed by atoms with van der Waals surface area (Å²) >= 11 is 0. The first kappa shape index (κ1) is 33.7. The molecule has 0 amide bonds. The number of hydrogen-bond donors (Lipinski definition) is 3. The average molecular weight is 727 g/mol. The van der Waals surface area contributed by atoms with Crippen molar-refractivity contribution in [3.05, 3.63) is 162 Å². The third kappa shape index (κ3) is 8.84. The first-order valence-electron chi connectivity index (χ1n) is 14.6. The normalized spacial score (nSPS) is 11.4. The van der Waals surface area contributed by atoms with E-state index in [1.54, 1.807) is 101 Å². The van der Waals surface area contributed by atoms with Gasteiger partial charge in [0, 0.05) is 34.8 Å². The molecule has 0 saturated carbocycles. The fourth-order valence-corrected chi connectivity index (χ4v) is 10.6. The molecule has 0 heterocycles. The largest absolute Gasteiger partial charge is 0.508 e. The Morgan fingerprint density at radius 2 is 0.468 bits per heavy atom. The van der Waals surface area contributed by atoms with Crippen LogP contribution < -0.4 is 0 Å². The maximum Gasteiger partial charge on any atom is 0.115 e. The molecule has 0 aromatic heterocycles. The number of phenolic OH excluding ortho intramolecular Hbond substituents is 3. The Balaban J connectivity index is 1.23. The standard InChI is InChI=1S/C38H30O3S6/c1-38(26-2-14-32(15-3-26)42-45-35-20-8-29(39)9-21-35,27-4-16-33(17-5-27)43-46-36-22-10-30(40)11-23-36)28-6-18-34(19-7-28)44-47-37-24-12-31(41)13-25-37/h2-25,39-41H,1H3. The molecule has 0 unspecified atom stereocenters. The van der Waals surface area contributed by atoms with E-state index in [4.69, 9.17) is 0 Å². The van der Waals surface area contributed by atoms with Crippen LogP contribution in [-0.2, 0) is 5.41 Å². The molecule has 47 heavy (non-hydrogen) atoms. The van der Waals surface area contributed by atoms with Gasteiger partial charge in [0.25, 0.3) is 0 Å². The van der Waals surface area contributed by atoms with Crippen LogP contribution in [0.3, 0.4) is 0 Å². The molecule has 0 aliphatic rings. The predicted molar refractivity (Wildman–Crippen MR) is 204 cm³/mol. The Kier molecular flexibility index (Phi) is 11.3. The molecule has 0 radical (unpaired) electrons. The van der Waals surface area contributed by atoms with E-state index in [-0.39, 0.29) is 17.2 Å². The molecular formula is C38H30O3S6. The van der Waals surface area contributed by atoms with E-state index in [1.165, 1.54) is 16.7 Å². The molecule has 0 atom stereocenters. The van der Waals surface area contributed by atoms with Crippen LogP contribution >= 0.6 is 64.8 Å². The molecular weight excluding hydrogens is 697 g/mol. The van der Waals surface area contributed by atoms with Gasteiger partial charge in [-0.15, -0.1) is 0 Å². The molecule has 0 spiro atoms. The Bertz CT molecular complexity index is 1650. The Morgan fingerprint density at radius 1 is 0.298 bits per heavy atom. The van der Waals surface area contributed by atoms with Gasteiger partial charge >= 0.3 is 0 Å². The highest BCUT2D eigenvalue weighted by Gasteiger charge is 2.31. The summed E-state index contributed by atoms with van der Waals surface area (Å²) in [5, 5.41) is 28.8. The topological polar surface area (TPSA) is 60.7 Å². The first-order valence-corrected chi connectivity index (χ1v) is 21.0. The maximum atomic E-state index is 9.60. The van der Waals surface area contributed by atoms with Crippen LogP contribution in [0, 0.1) is 0 Å². The van der Waals surface area contributed by atoms with Crippen LogP contribution in [-0.4, -0.2) is 15.3 Å². The van der Waals surface area contributed by atoms with Gasteiger partial charge in [-0.2, -0.15) is 0 Å². The van der Waals surface area contributed by atoms with Crippen molar-refractivity contribution in [2.75, 3.05) is 0 Å². The van der Waals surface area contributed by atoms with Crippen molar-refractivity contribution in [3.8, 4) is 17.2 Å². The van der Waals surface area contributed by atoms with E-state index >= 15 is 0 Å². The minimum absolute atomic E-state index is 0.272. The molecule has 0 saturated heterocycles. The summed E-state index contributed by atoms with van der Waals surface area (Å²) < 4.78 is 0. The number of aromatic hydroxyl groups is 3. The molecule has 236 valence electrons. The van der Waals surface area contributed by atoms with Crippen molar-refractivity contribution in [2.24, 2.45) is 0 Å². The minimum Gasteiger partial charge on any atom is -0.508 e. The lowest BCUT2D eigenvalue weighted by atomic mass is 9.71. The van der Waals surface area contributed by atoms with E-state index in [9.17, 15) is 15.3 Å². The zero-order valence-corrected chi connectivity index (χ0v) is 30.0. The third-order valence-electron chi connectivity index (χ3n) is 7.51. The van der Waals surface area contributed by atoms with Gasteiger partial charge in [0.2, 0.25) is 0 Å². The quantitative estimate of drug-likeness (QED) is 0.0845. The number of rotatable bonds is 12. The second kappa shape index (κ2) is 15.8. The van der Waals surface area contributed by atoms with Gasteiger partial charge in [-0.1, -0.05) is 101 Å². The van der Waals surface area contributed by atoms with Crippen LogP contribution in [0.15, 0.2) is 175 Å². The smallest absolute Gasteiger partial charge is 0.115 e. The van der Waals surface area contributed by atoms with E-state index < -0.39 is 5.41 Å². The molecule has 0 fully saturated rings. The minimum atomic E-state index is -0.395. The molecule has 6 aromatic rings. The highest BCUT2D eigenvalue weighted by molar-refractivity contribution is 8.77. The molecule has 3 N–H and O–H groups in total. The lowest BCUT2D eigenvalue weighted by Gasteiger charge is -2.32. The molecule has 0 aliphatic carbocycles. The molecule has 3 nitrogen and oxygen atoms in total. The van der Waals surface area contributed by atoms with E-state index in [1.807, 2.05) is 36.4 Å². The van der Waals surface area contributed by atoms with Gasteiger partial charge in [0.05, 0.1) is 0 Å². The van der Waals surface area contributed by atoms with Gasteiger partial charge < -0.3 is 15.3 Å². The van der Waals surface area contributed by atoms with Crippen LogP contribution in [0.4, 0.5) is 0 Å². The molecule has 6 aromatic carbocycles. The Hall–Kier alpha value is -3.18. The van der Waals surface area contributed by atoms with Crippen molar-refractivity contribution in [1.82, 2.24) is 0 Å². The van der Waals surface area contributed by atoms with Crippen LogP contribution in [0.2, 0.25) is 0 Å². The van der Waals surface area contributed by atoms with Crippen LogP contribution in [0.5, 0.6) is 17.2 Å². The molecule has 0 bridgehead atoms. The lowest BCUT2D eigenvalue weighted by molar-refractivity contribution is 0.474. The second-order valence-corrected chi connectivity index (χ2v) is 17.5. The van der Waals surface area contributed by atoms with Crippen molar-refractivity contribution in [1.29, 1.82) is 0 Å².